The third kappa shape index (κ3) is 4.13. The van der Waals surface area contributed by atoms with E-state index in [1.54, 1.807) is 0 Å². The van der Waals surface area contributed by atoms with E-state index in [-0.39, 0.29) is 0 Å². The molecule has 1 heterocycles. The quantitative estimate of drug-likeness (QED) is 0.171. The second kappa shape index (κ2) is 9.28. The van der Waals surface area contributed by atoms with Crippen LogP contribution < -0.4 is 20.1 Å². The zero-order valence-electron chi connectivity index (χ0n) is 21.4. The lowest BCUT2D eigenvalue weighted by Crippen LogP contribution is -2.64. The lowest BCUT2D eigenvalue weighted by molar-refractivity contribution is -0.659. The maximum atomic E-state index is 2.49. The molecule has 174 valence electrons. The van der Waals surface area contributed by atoms with E-state index in [0.29, 0.717) is 5.92 Å². The van der Waals surface area contributed by atoms with Crippen molar-refractivity contribution in [2.45, 2.75) is 33.2 Å². The van der Waals surface area contributed by atoms with Crippen LogP contribution in [0.4, 0.5) is 0 Å². The molecule has 2 heteroatoms. The highest BCUT2D eigenvalue weighted by molar-refractivity contribution is 7.10. The van der Waals surface area contributed by atoms with E-state index in [1.807, 2.05) is 0 Å². The molecule has 0 atom stereocenters. The minimum absolute atomic E-state index is 0.504. The number of aryl methyl sites for hydroxylation is 2. The van der Waals surface area contributed by atoms with Crippen LogP contribution in [0.3, 0.4) is 0 Å². The summed E-state index contributed by atoms with van der Waals surface area (Å²) in [5.74, 6) is 0.504. The molecule has 0 N–H and O–H groups in total. The number of hydrogen-bond donors (Lipinski definition) is 0. The fourth-order valence-corrected chi connectivity index (χ4v) is 8.89. The summed E-state index contributed by atoms with van der Waals surface area (Å²) in [4.78, 5) is 0. The molecule has 1 nitrogen and oxygen atoms in total. The summed E-state index contributed by atoms with van der Waals surface area (Å²) in [5.41, 5.74) is 5.31. The van der Waals surface area contributed by atoms with E-state index >= 15 is 0 Å². The molecule has 0 aliphatic heterocycles. The van der Waals surface area contributed by atoms with E-state index < -0.39 is 8.07 Å². The van der Waals surface area contributed by atoms with Crippen LogP contribution in [0.15, 0.2) is 109 Å². The van der Waals surface area contributed by atoms with Gasteiger partial charge in [0.05, 0.1) is 5.39 Å². The van der Waals surface area contributed by atoms with Gasteiger partial charge in [-0.1, -0.05) is 105 Å². The lowest BCUT2D eigenvalue weighted by Gasteiger charge is -2.29. The molecule has 0 spiro atoms. The van der Waals surface area contributed by atoms with Crippen molar-refractivity contribution in [1.82, 2.24) is 0 Å². The topological polar surface area (TPSA) is 3.88 Å². The van der Waals surface area contributed by atoms with Crippen LogP contribution >= 0.6 is 0 Å². The Bertz CT molecular complexity index is 1450. The first-order valence-electron chi connectivity index (χ1n) is 12.5. The van der Waals surface area contributed by atoms with Gasteiger partial charge in [-0.2, -0.15) is 0 Å². The molecular formula is C33H34NSi+. The molecule has 1 aromatic heterocycles. The number of benzene rings is 4. The molecule has 35 heavy (non-hydrogen) atoms. The Morgan fingerprint density at radius 2 is 1.31 bits per heavy atom. The average molecular weight is 473 g/mol. The first-order valence-corrected chi connectivity index (χ1v) is 15.0. The normalized spacial score (nSPS) is 11.8. The molecule has 5 aromatic rings. The van der Waals surface area contributed by atoms with Crippen molar-refractivity contribution < 1.29 is 4.57 Å². The van der Waals surface area contributed by atoms with E-state index in [4.69, 9.17) is 0 Å². The SMILES string of the molecule is Cc1ccc(C(C)C)cc1-c1c2ccc([Si](C)(c3ccccc3)c3ccccc3)cc2cc[n+]1C. The predicted octanol–water partition coefficient (Wildman–Crippen LogP) is 5.86. The Morgan fingerprint density at radius 1 is 0.686 bits per heavy atom. The fraction of sp³-hybridized carbons (Fsp3) is 0.182. The molecule has 0 saturated carbocycles. The monoisotopic (exact) mass is 472 g/mol. The van der Waals surface area contributed by atoms with Crippen LogP contribution in [0.25, 0.3) is 22.0 Å². The number of pyridine rings is 1. The van der Waals surface area contributed by atoms with E-state index in [9.17, 15) is 0 Å². The maximum Gasteiger partial charge on any atom is 0.220 e. The molecule has 0 bridgehead atoms. The van der Waals surface area contributed by atoms with Gasteiger partial charge in [0.1, 0.15) is 15.1 Å². The van der Waals surface area contributed by atoms with Crippen molar-refractivity contribution in [3.63, 3.8) is 0 Å². The van der Waals surface area contributed by atoms with Gasteiger partial charge in [-0.25, -0.2) is 4.57 Å². The number of nitrogens with zero attached hydrogens (tertiary/aromatic N) is 1. The highest BCUT2D eigenvalue weighted by Gasteiger charge is 2.34. The molecular weight excluding hydrogens is 438 g/mol. The summed E-state index contributed by atoms with van der Waals surface area (Å²) in [6, 6.07) is 38.5. The van der Waals surface area contributed by atoms with Crippen molar-refractivity contribution >= 4 is 34.4 Å². The standard InChI is InChI=1S/C33H34NSi/c1-24(2)26-17-16-25(3)32(23-26)33-31-19-18-30(22-27(31)20-21-34(33)4)35(5,28-12-8-6-9-13-28)29-14-10-7-11-15-29/h6-24H,1-5H3/q+1. The summed E-state index contributed by atoms with van der Waals surface area (Å²) in [6.45, 7) is 9.24. The first-order chi connectivity index (χ1) is 16.9. The van der Waals surface area contributed by atoms with Crippen molar-refractivity contribution in [2.75, 3.05) is 0 Å². The van der Waals surface area contributed by atoms with E-state index in [2.05, 4.69) is 148 Å². The van der Waals surface area contributed by atoms with Crippen LogP contribution in [-0.2, 0) is 7.05 Å². The van der Waals surface area contributed by atoms with Crippen LogP contribution in [0.2, 0.25) is 6.55 Å². The Balaban J connectivity index is 1.74. The van der Waals surface area contributed by atoms with Crippen LogP contribution in [-0.4, -0.2) is 8.07 Å². The molecule has 4 aromatic carbocycles. The van der Waals surface area contributed by atoms with Crippen LogP contribution in [0.1, 0.15) is 30.9 Å². The van der Waals surface area contributed by atoms with E-state index in [0.717, 1.165) is 0 Å². The largest absolute Gasteiger partial charge is 0.220 e. The number of rotatable bonds is 5. The van der Waals surface area contributed by atoms with Gasteiger partial charge in [-0.3, -0.25) is 0 Å². The van der Waals surface area contributed by atoms with Crippen molar-refractivity contribution in [1.29, 1.82) is 0 Å². The minimum atomic E-state index is -2.15. The zero-order valence-corrected chi connectivity index (χ0v) is 22.4. The molecule has 0 aliphatic rings. The Morgan fingerprint density at radius 3 is 1.91 bits per heavy atom. The number of aromatic nitrogens is 1. The van der Waals surface area contributed by atoms with Gasteiger partial charge in [0.15, 0.2) is 6.20 Å². The van der Waals surface area contributed by atoms with Gasteiger partial charge in [0.25, 0.3) is 0 Å². The Labute approximate surface area is 210 Å². The Kier molecular flexibility index (Phi) is 6.17. The zero-order chi connectivity index (χ0) is 24.6. The predicted molar refractivity (Wildman–Crippen MR) is 153 cm³/mol. The first kappa shape index (κ1) is 23.3. The van der Waals surface area contributed by atoms with Gasteiger partial charge in [-0.05, 0) is 57.0 Å². The number of fused-ring (bicyclic) bond motifs is 1. The summed E-state index contributed by atoms with van der Waals surface area (Å²) in [5, 5.41) is 6.92. The average Bonchev–Trinajstić information content (AvgIpc) is 2.89. The molecule has 0 fully saturated rings. The van der Waals surface area contributed by atoms with Crippen LogP contribution in [0.5, 0.6) is 0 Å². The molecule has 0 amide bonds. The summed E-state index contributed by atoms with van der Waals surface area (Å²) in [6.07, 6.45) is 2.22. The van der Waals surface area contributed by atoms with Crippen LogP contribution in [0, 0.1) is 6.92 Å². The van der Waals surface area contributed by atoms with E-state index in [1.165, 1.54) is 48.7 Å². The summed E-state index contributed by atoms with van der Waals surface area (Å²) < 4.78 is 2.28. The highest BCUT2D eigenvalue weighted by Crippen LogP contribution is 2.30. The maximum absolute atomic E-state index is 2.49. The molecule has 5 rings (SSSR count). The molecule has 0 saturated heterocycles. The summed E-state index contributed by atoms with van der Waals surface area (Å²) >= 11 is 0. The van der Waals surface area contributed by atoms with Crippen molar-refractivity contribution in [3.05, 3.63) is 120 Å². The fourth-order valence-electron chi connectivity index (χ4n) is 5.32. The molecule has 0 radical (unpaired) electrons. The minimum Gasteiger partial charge on any atom is -0.200 e. The Hall–Kier alpha value is -3.49. The molecule has 0 aliphatic carbocycles. The molecule has 0 unspecified atom stereocenters. The van der Waals surface area contributed by atoms with Gasteiger partial charge in [-0.15, -0.1) is 0 Å². The van der Waals surface area contributed by atoms with Gasteiger partial charge in [0, 0.05) is 11.6 Å². The smallest absolute Gasteiger partial charge is 0.200 e. The second-order valence-corrected chi connectivity index (χ2v) is 14.1. The number of hydrogen-bond acceptors (Lipinski definition) is 0. The second-order valence-electron chi connectivity index (χ2n) is 10.2. The van der Waals surface area contributed by atoms with Crippen molar-refractivity contribution in [2.24, 2.45) is 7.05 Å². The third-order valence-electron chi connectivity index (χ3n) is 7.60. The lowest BCUT2D eigenvalue weighted by atomic mass is 9.94. The van der Waals surface area contributed by atoms with Crippen molar-refractivity contribution in [3.8, 4) is 11.3 Å². The summed E-state index contributed by atoms with van der Waals surface area (Å²) in [7, 11) is 0.0169. The highest BCUT2D eigenvalue weighted by atomic mass is 28.3. The van der Waals surface area contributed by atoms with Gasteiger partial charge < -0.3 is 0 Å². The van der Waals surface area contributed by atoms with Gasteiger partial charge >= 0.3 is 0 Å². The van der Waals surface area contributed by atoms with Gasteiger partial charge in [0.2, 0.25) is 5.69 Å². The third-order valence-corrected chi connectivity index (χ3v) is 12.0.